The zero-order valence-corrected chi connectivity index (χ0v) is 16.2. The Hall–Kier alpha value is -2.74. The Morgan fingerprint density at radius 2 is 1.79 bits per heavy atom. The number of anilines is 2. The normalized spacial score (nSPS) is 18.8. The lowest BCUT2D eigenvalue weighted by atomic mass is 9.96. The molecule has 0 amide bonds. The molecule has 2 fully saturated rings. The summed E-state index contributed by atoms with van der Waals surface area (Å²) in [5.41, 5.74) is 3.07. The van der Waals surface area contributed by atoms with Gasteiger partial charge in [-0.15, -0.1) is 0 Å². The maximum absolute atomic E-state index is 5.48. The molecule has 5 rings (SSSR count). The second kappa shape index (κ2) is 7.35. The molecule has 28 heavy (non-hydrogen) atoms. The van der Waals surface area contributed by atoms with Crippen molar-refractivity contribution in [3.63, 3.8) is 0 Å². The number of piperazine rings is 1. The minimum absolute atomic E-state index is 0.490. The summed E-state index contributed by atoms with van der Waals surface area (Å²) in [5.74, 6) is 2.63. The zero-order valence-electron chi connectivity index (χ0n) is 16.2. The van der Waals surface area contributed by atoms with Gasteiger partial charge in [0.15, 0.2) is 5.65 Å². The molecule has 8 heteroatoms. The fraction of sp³-hybridized carbons (Fsp3) is 0.500. The van der Waals surface area contributed by atoms with E-state index in [1.165, 1.54) is 0 Å². The highest BCUT2D eigenvalue weighted by Crippen LogP contribution is 2.27. The Labute approximate surface area is 164 Å². The summed E-state index contributed by atoms with van der Waals surface area (Å²) in [6.07, 6.45) is 5.61. The molecule has 2 aliphatic rings. The third kappa shape index (κ3) is 3.28. The Balaban J connectivity index is 1.31. The molecule has 3 aromatic rings. The third-order valence-corrected chi connectivity index (χ3v) is 5.71. The Morgan fingerprint density at radius 3 is 2.61 bits per heavy atom. The molecule has 2 saturated heterocycles. The first-order chi connectivity index (χ1) is 13.8. The lowest BCUT2D eigenvalue weighted by Gasteiger charge is -2.36. The van der Waals surface area contributed by atoms with E-state index < -0.39 is 0 Å². The van der Waals surface area contributed by atoms with Gasteiger partial charge < -0.3 is 14.5 Å². The predicted molar refractivity (Wildman–Crippen MR) is 107 cm³/mol. The van der Waals surface area contributed by atoms with Gasteiger partial charge in [-0.1, -0.05) is 0 Å². The number of rotatable bonds is 3. The number of aryl methyl sites for hydroxylation is 1. The van der Waals surface area contributed by atoms with E-state index in [1.54, 1.807) is 12.5 Å². The van der Waals surface area contributed by atoms with Crippen LogP contribution in [-0.2, 0) is 4.74 Å². The van der Waals surface area contributed by atoms with Crippen molar-refractivity contribution < 1.29 is 4.74 Å². The first-order valence-electron chi connectivity index (χ1n) is 9.99. The maximum atomic E-state index is 5.48. The van der Waals surface area contributed by atoms with Gasteiger partial charge in [0.05, 0.1) is 6.20 Å². The van der Waals surface area contributed by atoms with E-state index in [1.807, 2.05) is 17.5 Å². The zero-order chi connectivity index (χ0) is 18.9. The molecule has 0 saturated carbocycles. The first-order valence-corrected chi connectivity index (χ1v) is 9.99. The average molecular weight is 379 g/mol. The summed E-state index contributed by atoms with van der Waals surface area (Å²) < 4.78 is 7.41. The van der Waals surface area contributed by atoms with Gasteiger partial charge in [0.25, 0.3) is 0 Å². The molecule has 5 heterocycles. The lowest BCUT2D eigenvalue weighted by Crippen LogP contribution is -2.47. The van der Waals surface area contributed by atoms with Gasteiger partial charge in [0.1, 0.15) is 18.0 Å². The summed E-state index contributed by atoms with van der Waals surface area (Å²) >= 11 is 0. The first kappa shape index (κ1) is 17.4. The van der Waals surface area contributed by atoms with E-state index in [9.17, 15) is 0 Å². The number of nitrogens with zero attached hydrogens (tertiary/aromatic N) is 7. The Kier molecular flexibility index (Phi) is 4.56. The van der Waals surface area contributed by atoms with Crippen LogP contribution in [-0.4, -0.2) is 64.0 Å². The van der Waals surface area contributed by atoms with Crippen molar-refractivity contribution in [2.24, 2.45) is 0 Å². The van der Waals surface area contributed by atoms with Gasteiger partial charge in [-0.3, -0.25) is 0 Å². The van der Waals surface area contributed by atoms with Crippen LogP contribution in [0, 0.1) is 6.92 Å². The van der Waals surface area contributed by atoms with Crippen LogP contribution in [0.25, 0.3) is 5.65 Å². The fourth-order valence-corrected chi connectivity index (χ4v) is 4.16. The van der Waals surface area contributed by atoms with E-state index in [0.29, 0.717) is 5.92 Å². The highest BCUT2D eigenvalue weighted by atomic mass is 16.5. The molecule has 0 N–H and O–H groups in total. The lowest BCUT2D eigenvalue weighted by molar-refractivity contribution is 0.0845. The molecular formula is C20H25N7O. The quantitative estimate of drug-likeness (QED) is 0.690. The van der Waals surface area contributed by atoms with E-state index >= 15 is 0 Å². The highest BCUT2D eigenvalue weighted by Gasteiger charge is 2.23. The summed E-state index contributed by atoms with van der Waals surface area (Å²) in [6.45, 7) is 7.39. The van der Waals surface area contributed by atoms with Crippen molar-refractivity contribution in [3.8, 4) is 0 Å². The van der Waals surface area contributed by atoms with Crippen molar-refractivity contribution in [3.05, 3.63) is 42.1 Å². The van der Waals surface area contributed by atoms with E-state index in [-0.39, 0.29) is 0 Å². The molecule has 0 radical (unpaired) electrons. The Morgan fingerprint density at radius 1 is 1.00 bits per heavy atom. The molecule has 0 aromatic carbocycles. The van der Waals surface area contributed by atoms with Crippen molar-refractivity contribution in [2.75, 3.05) is 49.2 Å². The molecule has 3 aromatic heterocycles. The van der Waals surface area contributed by atoms with E-state index in [0.717, 1.165) is 80.9 Å². The van der Waals surface area contributed by atoms with Crippen LogP contribution in [0.15, 0.2) is 30.7 Å². The Bertz CT molecular complexity index is 958. The summed E-state index contributed by atoms with van der Waals surface area (Å²) in [7, 11) is 0. The molecule has 0 aliphatic carbocycles. The van der Waals surface area contributed by atoms with Crippen LogP contribution >= 0.6 is 0 Å². The van der Waals surface area contributed by atoms with Gasteiger partial charge in [-0.2, -0.15) is 9.61 Å². The maximum Gasteiger partial charge on any atom is 0.157 e. The number of fused-ring (bicyclic) bond motifs is 1. The highest BCUT2D eigenvalue weighted by molar-refractivity contribution is 5.52. The van der Waals surface area contributed by atoms with Crippen molar-refractivity contribution in [2.45, 2.75) is 25.7 Å². The third-order valence-electron chi connectivity index (χ3n) is 5.71. The molecular weight excluding hydrogens is 354 g/mol. The molecule has 2 aliphatic heterocycles. The van der Waals surface area contributed by atoms with Gasteiger partial charge in [-0.25, -0.2) is 15.0 Å². The van der Waals surface area contributed by atoms with Gasteiger partial charge in [0, 0.05) is 74.9 Å². The van der Waals surface area contributed by atoms with Crippen molar-refractivity contribution in [1.82, 2.24) is 24.6 Å². The molecule has 0 spiro atoms. The van der Waals surface area contributed by atoms with Crippen LogP contribution in [0.1, 0.15) is 30.1 Å². The van der Waals surface area contributed by atoms with E-state index in [4.69, 9.17) is 4.74 Å². The SMILES string of the molecule is Cc1cc(N2CCN(c3cc(C4CCOCC4)ncn3)CC2)n2nccc2n1. The number of ether oxygens (including phenoxy) is 1. The largest absolute Gasteiger partial charge is 0.381 e. The average Bonchev–Trinajstić information content (AvgIpc) is 3.22. The van der Waals surface area contributed by atoms with E-state index in [2.05, 4.69) is 42.0 Å². The second-order valence-electron chi connectivity index (χ2n) is 7.52. The van der Waals surface area contributed by atoms with Crippen molar-refractivity contribution >= 4 is 17.3 Å². The van der Waals surface area contributed by atoms with Crippen molar-refractivity contribution in [1.29, 1.82) is 0 Å². The monoisotopic (exact) mass is 379 g/mol. The van der Waals surface area contributed by atoms with Crippen LogP contribution in [0.3, 0.4) is 0 Å². The summed E-state index contributed by atoms with van der Waals surface area (Å²) in [6, 6.07) is 6.24. The molecule has 0 atom stereocenters. The molecule has 0 unspecified atom stereocenters. The standard InChI is InChI=1S/C20H25N7O/c1-15-12-20(27-18(24-15)2-5-23-27)26-8-6-25(7-9-26)19-13-17(21-14-22-19)16-3-10-28-11-4-16/h2,5,12-14,16H,3-4,6-11H2,1H3. The number of aromatic nitrogens is 5. The van der Waals surface area contributed by atoms with Crippen LogP contribution in [0.4, 0.5) is 11.6 Å². The van der Waals surface area contributed by atoms with Crippen LogP contribution in [0.5, 0.6) is 0 Å². The van der Waals surface area contributed by atoms with Gasteiger partial charge >= 0.3 is 0 Å². The topological polar surface area (TPSA) is 71.7 Å². The fourth-order valence-electron chi connectivity index (χ4n) is 4.16. The van der Waals surface area contributed by atoms with Crippen LogP contribution in [0.2, 0.25) is 0 Å². The van der Waals surface area contributed by atoms with Gasteiger partial charge in [-0.05, 0) is 19.8 Å². The molecule has 8 nitrogen and oxygen atoms in total. The smallest absolute Gasteiger partial charge is 0.157 e. The molecule has 0 bridgehead atoms. The predicted octanol–water partition coefficient (Wildman–Crippen LogP) is 2.05. The summed E-state index contributed by atoms with van der Waals surface area (Å²) in [4.78, 5) is 18.4. The minimum Gasteiger partial charge on any atom is -0.381 e. The number of hydrogen-bond donors (Lipinski definition) is 0. The second-order valence-corrected chi connectivity index (χ2v) is 7.52. The van der Waals surface area contributed by atoms with Gasteiger partial charge in [0.2, 0.25) is 0 Å². The molecule has 146 valence electrons. The van der Waals surface area contributed by atoms with Crippen LogP contribution < -0.4 is 9.80 Å². The minimum atomic E-state index is 0.490. The summed E-state index contributed by atoms with van der Waals surface area (Å²) in [5, 5.41) is 4.44. The number of hydrogen-bond acceptors (Lipinski definition) is 7.